The Labute approximate surface area is 130 Å². The van der Waals surface area contributed by atoms with Crippen molar-refractivity contribution < 1.29 is 18.3 Å². The molecule has 0 radical (unpaired) electrons. The Morgan fingerprint density at radius 2 is 2.24 bits per heavy atom. The molecule has 2 rings (SSSR count). The van der Waals surface area contributed by atoms with Crippen LogP contribution in [0.25, 0.3) is 0 Å². The number of ether oxygens (including phenoxy) is 1. The van der Waals surface area contributed by atoms with Crippen LogP contribution in [0.5, 0.6) is 5.75 Å². The number of benzene rings is 1. The smallest absolute Gasteiger partial charge is 0.243 e. The highest BCUT2D eigenvalue weighted by atomic mass is 32.2. The van der Waals surface area contributed by atoms with Crippen molar-refractivity contribution in [3.05, 3.63) is 23.8 Å². The standard InChI is InChI=1S/C14H21NO4S2/c1-3-19-14-5-4-13(8-12(14)10-16)21(17,18)15-6-7-20-11(2)9-15/h4-5,8,11,16H,3,6-7,9-10H2,1-2H3. The molecule has 1 saturated heterocycles. The molecule has 7 heteroatoms. The van der Waals surface area contributed by atoms with E-state index in [-0.39, 0.29) is 11.5 Å². The van der Waals surface area contributed by atoms with E-state index in [0.29, 0.717) is 36.3 Å². The molecule has 1 aliphatic rings. The van der Waals surface area contributed by atoms with Crippen molar-refractivity contribution in [2.45, 2.75) is 30.6 Å². The van der Waals surface area contributed by atoms with Gasteiger partial charge < -0.3 is 9.84 Å². The lowest BCUT2D eigenvalue weighted by atomic mass is 10.2. The second kappa shape index (κ2) is 7.00. The fraction of sp³-hybridized carbons (Fsp3) is 0.571. The van der Waals surface area contributed by atoms with Gasteiger partial charge in [0.2, 0.25) is 10.0 Å². The monoisotopic (exact) mass is 331 g/mol. The SMILES string of the molecule is CCOc1ccc(S(=O)(=O)N2CCSC(C)C2)cc1CO. The minimum Gasteiger partial charge on any atom is -0.494 e. The fourth-order valence-electron chi connectivity index (χ4n) is 2.29. The minimum atomic E-state index is -3.51. The number of hydrogen-bond donors (Lipinski definition) is 1. The molecular formula is C14H21NO4S2. The van der Waals surface area contributed by atoms with Gasteiger partial charge in [0, 0.05) is 29.7 Å². The molecule has 0 amide bonds. The highest BCUT2D eigenvalue weighted by Gasteiger charge is 2.29. The quantitative estimate of drug-likeness (QED) is 0.889. The second-order valence-electron chi connectivity index (χ2n) is 4.91. The molecule has 118 valence electrons. The number of thioether (sulfide) groups is 1. The van der Waals surface area contributed by atoms with E-state index in [2.05, 4.69) is 0 Å². The number of sulfonamides is 1. The van der Waals surface area contributed by atoms with E-state index < -0.39 is 10.0 Å². The molecule has 1 fully saturated rings. The van der Waals surface area contributed by atoms with Crippen LogP contribution in [0.3, 0.4) is 0 Å². The Morgan fingerprint density at radius 3 is 2.86 bits per heavy atom. The Bertz CT molecular complexity index is 589. The summed E-state index contributed by atoms with van der Waals surface area (Å²) in [5.41, 5.74) is 0.498. The van der Waals surface area contributed by atoms with Crippen molar-refractivity contribution in [1.29, 1.82) is 0 Å². The minimum absolute atomic E-state index is 0.217. The normalized spacial score (nSPS) is 20.4. The van der Waals surface area contributed by atoms with Gasteiger partial charge in [0.05, 0.1) is 18.1 Å². The highest BCUT2D eigenvalue weighted by molar-refractivity contribution is 8.00. The van der Waals surface area contributed by atoms with Gasteiger partial charge in [-0.1, -0.05) is 6.92 Å². The van der Waals surface area contributed by atoms with Crippen molar-refractivity contribution in [1.82, 2.24) is 4.31 Å². The summed E-state index contributed by atoms with van der Waals surface area (Å²) in [6.45, 7) is 5.15. The van der Waals surface area contributed by atoms with Gasteiger partial charge in [0.25, 0.3) is 0 Å². The topological polar surface area (TPSA) is 66.8 Å². The van der Waals surface area contributed by atoms with Crippen LogP contribution in [0.4, 0.5) is 0 Å². The number of rotatable bonds is 5. The number of aliphatic hydroxyl groups excluding tert-OH is 1. The maximum atomic E-state index is 12.7. The van der Waals surface area contributed by atoms with E-state index in [4.69, 9.17) is 4.74 Å². The predicted octanol–water partition coefficient (Wildman–Crippen LogP) is 1.70. The molecule has 1 N–H and O–H groups in total. The Morgan fingerprint density at radius 1 is 1.48 bits per heavy atom. The largest absolute Gasteiger partial charge is 0.494 e. The van der Waals surface area contributed by atoms with E-state index in [1.807, 2.05) is 13.8 Å². The maximum absolute atomic E-state index is 12.7. The molecule has 0 spiro atoms. The first kappa shape index (κ1) is 16.6. The first-order chi connectivity index (χ1) is 9.98. The zero-order chi connectivity index (χ0) is 15.5. The van der Waals surface area contributed by atoms with Crippen molar-refractivity contribution >= 4 is 21.8 Å². The van der Waals surface area contributed by atoms with Crippen LogP contribution in [-0.2, 0) is 16.6 Å². The average Bonchev–Trinajstić information content (AvgIpc) is 2.47. The molecule has 1 aromatic rings. The van der Waals surface area contributed by atoms with Gasteiger partial charge in [-0.05, 0) is 25.1 Å². The van der Waals surface area contributed by atoms with Gasteiger partial charge in [-0.25, -0.2) is 8.42 Å². The number of aliphatic hydroxyl groups is 1. The molecule has 21 heavy (non-hydrogen) atoms. The fourth-order valence-corrected chi connectivity index (χ4v) is 5.09. The Hall–Kier alpha value is -0.760. The van der Waals surface area contributed by atoms with Crippen LogP contribution in [0.15, 0.2) is 23.1 Å². The summed E-state index contributed by atoms with van der Waals surface area (Å²) in [6, 6.07) is 4.67. The summed E-state index contributed by atoms with van der Waals surface area (Å²) in [4.78, 5) is 0.217. The highest BCUT2D eigenvalue weighted by Crippen LogP contribution is 2.27. The van der Waals surface area contributed by atoms with Crippen molar-refractivity contribution in [2.75, 3.05) is 25.4 Å². The van der Waals surface area contributed by atoms with E-state index >= 15 is 0 Å². The third-order valence-corrected chi connectivity index (χ3v) is 6.34. The lowest BCUT2D eigenvalue weighted by Gasteiger charge is -2.29. The third kappa shape index (κ3) is 3.71. The number of hydrogen-bond acceptors (Lipinski definition) is 5. The first-order valence-electron chi connectivity index (χ1n) is 6.97. The van der Waals surface area contributed by atoms with Gasteiger partial charge in [-0.15, -0.1) is 0 Å². The van der Waals surface area contributed by atoms with Gasteiger partial charge >= 0.3 is 0 Å². The molecule has 0 saturated carbocycles. The van der Waals surface area contributed by atoms with Gasteiger partial charge in [-0.2, -0.15) is 16.1 Å². The predicted molar refractivity (Wildman–Crippen MR) is 84.2 cm³/mol. The Balaban J connectivity index is 2.31. The summed E-state index contributed by atoms with van der Waals surface area (Å²) in [5.74, 6) is 1.34. The average molecular weight is 331 g/mol. The Kier molecular flexibility index (Phi) is 5.54. The van der Waals surface area contributed by atoms with Gasteiger partial charge in [0.15, 0.2) is 0 Å². The summed E-state index contributed by atoms with van der Waals surface area (Å²) >= 11 is 1.78. The molecule has 1 atom stereocenters. The molecule has 0 aromatic heterocycles. The summed E-state index contributed by atoms with van der Waals surface area (Å²) < 4.78 is 32.2. The number of nitrogens with zero attached hydrogens (tertiary/aromatic N) is 1. The van der Waals surface area contributed by atoms with Crippen LogP contribution in [0.1, 0.15) is 19.4 Å². The van der Waals surface area contributed by atoms with Crippen LogP contribution in [0, 0.1) is 0 Å². The lowest BCUT2D eigenvalue weighted by molar-refractivity contribution is 0.266. The molecule has 0 aliphatic carbocycles. The van der Waals surface area contributed by atoms with Gasteiger partial charge in [-0.3, -0.25) is 0 Å². The lowest BCUT2D eigenvalue weighted by Crippen LogP contribution is -2.40. The third-order valence-electron chi connectivity index (χ3n) is 3.34. The summed E-state index contributed by atoms with van der Waals surface area (Å²) in [6.07, 6.45) is 0. The van der Waals surface area contributed by atoms with Crippen molar-refractivity contribution in [3.63, 3.8) is 0 Å². The molecule has 1 unspecified atom stereocenters. The molecule has 0 bridgehead atoms. The molecule has 5 nitrogen and oxygen atoms in total. The molecular weight excluding hydrogens is 310 g/mol. The van der Waals surface area contributed by atoms with Crippen LogP contribution < -0.4 is 4.74 Å². The van der Waals surface area contributed by atoms with Crippen molar-refractivity contribution in [3.8, 4) is 5.75 Å². The van der Waals surface area contributed by atoms with Crippen LogP contribution >= 0.6 is 11.8 Å². The molecule has 1 aliphatic heterocycles. The zero-order valence-corrected chi connectivity index (χ0v) is 13.9. The van der Waals surface area contributed by atoms with E-state index in [0.717, 1.165) is 5.75 Å². The molecule has 1 aromatic carbocycles. The first-order valence-corrected chi connectivity index (χ1v) is 9.46. The van der Waals surface area contributed by atoms with E-state index in [9.17, 15) is 13.5 Å². The maximum Gasteiger partial charge on any atom is 0.243 e. The zero-order valence-electron chi connectivity index (χ0n) is 12.3. The summed E-state index contributed by atoms with van der Waals surface area (Å²) in [7, 11) is -3.51. The van der Waals surface area contributed by atoms with E-state index in [1.165, 1.54) is 10.4 Å². The van der Waals surface area contributed by atoms with E-state index in [1.54, 1.807) is 23.9 Å². The summed E-state index contributed by atoms with van der Waals surface area (Å²) in [5, 5.41) is 9.70. The molecule has 1 heterocycles. The van der Waals surface area contributed by atoms with Crippen LogP contribution in [0.2, 0.25) is 0 Å². The van der Waals surface area contributed by atoms with Crippen LogP contribution in [-0.4, -0.2) is 48.5 Å². The van der Waals surface area contributed by atoms with Gasteiger partial charge in [0.1, 0.15) is 5.75 Å². The second-order valence-corrected chi connectivity index (χ2v) is 8.39. The van der Waals surface area contributed by atoms with Crippen molar-refractivity contribution in [2.24, 2.45) is 0 Å².